The number of benzene rings is 4. The largest absolute Gasteiger partial charge is 0.497 e. The lowest BCUT2D eigenvalue weighted by atomic mass is 10.2. The van der Waals surface area contributed by atoms with E-state index in [-0.39, 0.29) is 23.1 Å². The Kier molecular flexibility index (Phi) is 10.4. The Morgan fingerprint density at radius 3 is 2.33 bits per heavy atom. The van der Waals surface area contributed by atoms with Crippen molar-refractivity contribution in [2.24, 2.45) is 5.10 Å². The Morgan fingerprint density at radius 2 is 1.63 bits per heavy atom. The number of carbonyl (C=O) groups is 2. The quantitative estimate of drug-likeness (QED) is 0.169. The van der Waals surface area contributed by atoms with Gasteiger partial charge in [-0.1, -0.05) is 47.5 Å². The first-order valence-corrected chi connectivity index (χ1v) is 14.8. The highest BCUT2D eigenvalue weighted by atomic mass is 35.5. The topological polar surface area (TPSA) is 126 Å². The summed E-state index contributed by atoms with van der Waals surface area (Å²) in [6, 6.07) is 26.3. The lowest BCUT2D eigenvalue weighted by Crippen LogP contribution is -2.39. The molecule has 12 heteroatoms. The molecule has 0 aromatic heterocycles. The number of anilines is 2. The first-order chi connectivity index (χ1) is 20.7. The van der Waals surface area contributed by atoms with Gasteiger partial charge in [0, 0.05) is 6.07 Å². The predicted molar refractivity (Wildman–Crippen MR) is 166 cm³/mol. The van der Waals surface area contributed by atoms with E-state index in [0.717, 1.165) is 9.87 Å². The van der Waals surface area contributed by atoms with Crippen LogP contribution in [0.4, 0.5) is 11.4 Å². The molecule has 0 saturated heterocycles. The summed E-state index contributed by atoms with van der Waals surface area (Å²) in [5.41, 5.74) is 4.65. The number of para-hydroxylation sites is 1. The number of hydrazone groups is 1. The first-order valence-electron chi connectivity index (χ1n) is 13.0. The highest BCUT2D eigenvalue weighted by Gasteiger charge is 2.27. The number of rotatable bonds is 12. The van der Waals surface area contributed by atoms with E-state index in [4.69, 9.17) is 21.1 Å². The summed E-state index contributed by atoms with van der Waals surface area (Å²) in [5, 5.41) is 7.06. The minimum atomic E-state index is -4.09. The van der Waals surface area contributed by atoms with Gasteiger partial charge in [0.05, 0.1) is 34.6 Å². The summed E-state index contributed by atoms with van der Waals surface area (Å²) in [7, 11) is -2.62. The molecule has 0 aliphatic rings. The number of methoxy groups -OCH3 is 1. The summed E-state index contributed by atoms with van der Waals surface area (Å²) in [4.78, 5) is 25.0. The summed E-state index contributed by atoms with van der Waals surface area (Å²) in [5.74, 6) is -0.132. The minimum absolute atomic E-state index is 0.0425. The van der Waals surface area contributed by atoms with Crippen molar-refractivity contribution in [2.45, 2.75) is 11.8 Å². The first kappa shape index (κ1) is 31.1. The monoisotopic (exact) mass is 620 g/mol. The van der Waals surface area contributed by atoms with Crippen LogP contribution < -0.4 is 24.5 Å². The SMILES string of the molecule is COc1cccc(N(CC(=O)N/N=C\c2ccc(OCC(=O)Nc3ccccc3Cl)cc2)S(=O)(=O)c2ccc(C)cc2)c1. The Labute approximate surface area is 254 Å². The zero-order valence-electron chi connectivity index (χ0n) is 23.4. The van der Waals surface area contributed by atoms with E-state index < -0.39 is 22.5 Å². The fourth-order valence-corrected chi connectivity index (χ4v) is 5.41. The van der Waals surface area contributed by atoms with Crippen molar-refractivity contribution in [1.29, 1.82) is 0 Å². The number of halogens is 1. The average molecular weight is 621 g/mol. The van der Waals surface area contributed by atoms with Crippen LogP contribution in [0.2, 0.25) is 5.02 Å². The highest BCUT2D eigenvalue weighted by Crippen LogP contribution is 2.27. The molecular formula is C31H29ClN4O6S. The van der Waals surface area contributed by atoms with Crippen molar-refractivity contribution >= 4 is 51.0 Å². The maximum Gasteiger partial charge on any atom is 0.264 e. The smallest absolute Gasteiger partial charge is 0.264 e. The number of amides is 2. The molecule has 0 spiro atoms. The molecule has 2 amide bonds. The van der Waals surface area contributed by atoms with E-state index >= 15 is 0 Å². The van der Waals surface area contributed by atoms with Gasteiger partial charge in [0.2, 0.25) is 0 Å². The molecule has 0 fully saturated rings. The summed E-state index contributed by atoms with van der Waals surface area (Å²) >= 11 is 6.05. The lowest BCUT2D eigenvalue weighted by molar-refractivity contribution is -0.119. The van der Waals surface area contributed by atoms with Gasteiger partial charge in [0.25, 0.3) is 21.8 Å². The fraction of sp³-hybridized carbons (Fsp3) is 0.129. The molecule has 0 aliphatic heterocycles. The Bertz CT molecular complexity index is 1710. The molecule has 0 saturated carbocycles. The van der Waals surface area contributed by atoms with E-state index in [1.54, 1.807) is 78.9 Å². The van der Waals surface area contributed by atoms with Gasteiger partial charge >= 0.3 is 0 Å². The molecule has 4 rings (SSSR count). The van der Waals surface area contributed by atoms with Crippen LogP contribution >= 0.6 is 11.6 Å². The molecule has 2 N–H and O–H groups in total. The van der Waals surface area contributed by atoms with Crippen LogP contribution in [0.3, 0.4) is 0 Å². The zero-order chi connectivity index (χ0) is 30.8. The molecule has 4 aromatic carbocycles. The van der Waals surface area contributed by atoms with Crippen LogP contribution in [-0.2, 0) is 19.6 Å². The van der Waals surface area contributed by atoms with Crippen LogP contribution in [-0.4, -0.2) is 46.7 Å². The highest BCUT2D eigenvalue weighted by molar-refractivity contribution is 7.92. The molecule has 0 aliphatic carbocycles. The molecule has 0 bridgehead atoms. The number of hydrogen-bond acceptors (Lipinski definition) is 7. The van der Waals surface area contributed by atoms with Crippen molar-refractivity contribution in [2.75, 3.05) is 29.9 Å². The van der Waals surface area contributed by atoms with Crippen LogP contribution in [0.1, 0.15) is 11.1 Å². The van der Waals surface area contributed by atoms with Crippen LogP contribution in [0.5, 0.6) is 11.5 Å². The molecule has 10 nitrogen and oxygen atoms in total. The minimum Gasteiger partial charge on any atom is -0.497 e. The van der Waals surface area contributed by atoms with Crippen molar-refractivity contribution in [1.82, 2.24) is 5.43 Å². The van der Waals surface area contributed by atoms with Gasteiger partial charge in [-0.25, -0.2) is 13.8 Å². The van der Waals surface area contributed by atoms with Crippen LogP contribution in [0.15, 0.2) is 107 Å². The molecule has 43 heavy (non-hydrogen) atoms. The molecule has 0 heterocycles. The van der Waals surface area contributed by atoms with Gasteiger partial charge in [-0.3, -0.25) is 13.9 Å². The molecule has 0 unspecified atom stereocenters. The van der Waals surface area contributed by atoms with Gasteiger partial charge in [0.1, 0.15) is 18.0 Å². The molecular weight excluding hydrogens is 592 g/mol. The van der Waals surface area contributed by atoms with E-state index in [1.807, 2.05) is 6.92 Å². The Balaban J connectivity index is 1.37. The average Bonchev–Trinajstić information content (AvgIpc) is 3.01. The van der Waals surface area contributed by atoms with E-state index in [9.17, 15) is 18.0 Å². The van der Waals surface area contributed by atoms with Gasteiger partial charge < -0.3 is 14.8 Å². The third-order valence-corrected chi connectivity index (χ3v) is 8.16. The second-order valence-electron chi connectivity index (χ2n) is 9.21. The lowest BCUT2D eigenvalue weighted by Gasteiger charge is -2.24. The van der Waals surface area contributed by atoms with E-state index in [2.05, 4.69) is 15.8 Å². The number of nitrogens with one attached hydrogen (secondary N) is 2. The number of aryl methyl sites for hydroxylation is 1. The Hall–Kier alpha value is -4.87. The predicted octanol–water partition coefficient (Wildman–Crippen LogP) is 5.02. The van der Waals surface area contributed by atoms with Gasteiger partial charge in [-0.15, -0.1) is 0 Å². The Morgan fingerprint density at radius 1 is 0.907 bits per heavy atom. The van der Waals surface area contributed by atoms with E-state index in [0.29, 0.717) is 27.8 Å². The van der Waals surface area contributed by atoms with E-state index in [1.165, 1.54) is 31.5 Å². The number of nitrogens with zero attached hydrogens (tertiary/aromatic N) is 2. The maximum atomic E-state index is 13.5. The number of sulfonamides is 1. The van der Waals surface area contributed by atoms with Gasteiger partial charge in [0.15, 0.2) is 6.61 Å². The van der Waals surface area contributed by atoms with Crippen molar-refractivity contribution in [3.63, 3.8) is 0 Å². The standard InChI is InChI=1S/C31H29ClN4O6S/c1-22-10-16-27(17-11-22)43(39,40)36(24-6-5-7-26(18-24)41-2)20-30(37)35-33-19-23-12-14-25(15-13-23)42-21-31(38)34-29-9-4-3-8-28(29)32/h3-19H,20-21H2,1-2H3,(H,34,38)(H,35,37)/b33-19-. The second kappa shape index (κ2) is 14.3. The summed E-state index contributed by atoms with van der Waals surface area (Å²) in [6.07, 6.45) is 1.40. The molecule has 0 radical (unpaired) electrons. The molecule has 4 aromatic rings. The molecule has 222 valence electrons. The number of carbonyl (C=O) groups excluding carboxylic acids is 2. The van der Waals surface area contributed by atoms with Gasteiger partial charge in [-0.2, -0.15) is 5.10 Å². The third-order valence-electron chi connectivity index (χ3n) is 6.04. The van der Waals surface area contributed by atoms with Crippen molar-refractivity contribution in [3.05, 3.63) is 113 Å². The van der Waals surface area contributed by atoms with Crippen LogP contribution in [0.25, 0.3) is 0 Å². The van der Waals surface area contributed by atoms with Crippen LogP contribution in [0, 0.1) is 6.92 Å². The fourth-order valence-electron chi connectivity index (χ4n) is 3.81. The third kappa shape index (κ3) is 8.57. The van der Waals surface area contributed by atoms with Crippen molar-refractivity contribution < 1.29 is 27.5 Å². The second-order valence-corrected chi connectivity index (χ2v) is 11.5. The molecule has 0 atom stereocenters. The summed E-state index contributed by atoms with van der Waals surface area (Å²) in [6.45, 7) is 1.11. The van der Waals surface area contributed by atoms with Crippen molar-refractivity contribution in [3.8, 4) is 11.5 Å². The number of ether oxygens (including phenoxy) is 2. The summed E-state index contributed by atoms with van der Waals surface area (Å²) < 4.78 is 38.8. The number of hydrogen-bond donors (Lipinski definition) is 2. The maximum absolute atomic E-state index is 13.5. The normalized spacial score (nSPS) is 11.1. The zero-order valence-corrected chi connectivity index (χ0v) is 24.9. The van der Waals surface area contributed by atoms with Gasteiger partial charge in [-0.05, 0) is 73.2 Å².